The van der Waals surface area contributed by atoms with Crippen LogP contribution in [0.3, 0.4) is 0 Å². The van der Waals surface area contributed by atoms with Gasteiger partial charge in [0.25, 0.3) is 0 Å². The molecule has 38 heavy (non-hydrogen) atoms. The van der Waals surface area contributed by atoms with Gasteiger partial charge < -0.3 is 15.0 Å². The Bertz CT molecular complexity index is 1440. The van der Waals surface area contributed by atoms with Gasteiger partial charge in [-0.25, -0.2) is 4.79 Å². The number of nitrogens with zero attached hydrogens (tertiary/aromatic N) is 3. The third-order valence-corrected chi connectivity index (χ3v) is 5.95. The lowest BCUT2D eigenvalue weighted by molar-refractivity contribution is -0.138. The maximum absolute atomic E-state index is 12.1. The molecule has 4 rings (SSSR count). The van der Waals surface area contributed by atoms with Crippen LogP contribution in [0.25, 0.3) is 17.6 Å². The lowest BCUT2D eigenvalue weighted by Gasteiger charge is -2.25. The van der Waals surface area contributed by atoms with Gasteiger partial charge in [-0.05, 0) is 60.0 Å². The molecule has 0 spiro atoms. The highest BCUT2D eigenvalue weighted by Gasteiger charge is 2.22. The van der Waals surface area contributed by atoms with E-state index in [1.807, 2.05) is 72.6 Å². The predicted octanol–water partition coefficient (Wildman–Crippen LogP) is 7.66. The predicted molar refractivity (Wildman–Crippen MR) is 153 cm³/mol. The number of hydrogen-bond donors (Lipinski definition) is 0. The molecule has 1 unspecified atom stereocenters. The molecule has 0 amide bonds. The Morgan fingerprint density at radius 1 is 0.816 bits per heavy atom. The summed E-state index contributed by atoms with van der Waals surface area (Å²) in [6.07, 6.45) is 3.99. The molecule has 4 aromatic rings. The van der Waals surface area contributed by atoms with E-state index in [0.717, 1.165) is 28.2 Å². The molecule has 0 aromatic heterocycles. The second kappa shape index (κ2) is 12.7. The van der Waals surface area contributed by atoms with E-state index in [-0.39, 0.29) is 12.2 Å². The van der Waals surface area contributed by atoms with E-state index < -0.39 is 11.9 Å². The summed E-state index contributed by atoms with van der Waals surface area (Å²) >= 11 is 0. The normalized spacial score (nSPS) is 11.3. The topological polar surface area (TPSA) is 75.6 Å². The summed E-state index contributed by atoms with van der Waals surface area (Å²) in [6.45, 7) is 1.80. The van der Waals surface area contributed by atoms with Crippen LogP contribution in [0.2, 0.25) is 0 Å². The average molecular weight is 497 g/mol. The van der Waals surface area contributed by atoms with Crippen LogP contribution in [0.15, 0.2) is 115 Å². The smallest absolute Gasteiger partial charge is 0.341 e. The van der Waals surface area contributed by atoms with Gasteiger partial charge in [0.05, 0.1) is 18.2 Å². The molecular weight excluding hydrogens is 470 g/mol. The molecule has 0 aliphatic carbocycles. The van der Waals surface area contributed by atoms with Crippen molar-refractivity contribution in [2.24, 2.45) is 0 Å². The first-order valence-electron chi connectivity index (χ1n) is 12.3. The fraction of sp³-hybridized carbons (Fsp3) is 0.0909. The van der Waals surface area contributed by atoms with Gasteiger partial charge in [0.2, 0.25) is 0 Å². The summed E-state index contributed by atoms with van der Waals surface area (Å²) in [6, 6.07) is 38.1. The zero-order valence-corrected chi connectivity index (χ0v) is 21.0. The molecule has 0 N–H and O–H groups in total. The molecular formula is C33H26N3O2-. The Hall–Kier alpha value is -5.17. The van der Waals surface area contributed by atoms with Crippen LogP contribution in [0.1, 0.15) is 29.5 Å². The first-order chi connectivity index (χ1) is 18.6. The molecule has 186 valence electrons. The van der Waals surface area contributed by atoms with E-state index in [9.17, 15) is 15.5 Å². The fourth-order valence-corrected chi connectivity index (χ4v) is 4.07. The van der Waals surface area contributed by atoms with Gasteiger partial charge in [-0.3, -0.25) is 5.87 Å². The number of para-hydroxylation sites is 2. The summed E-state index contributed by atoms with van der Waals surface area (Å²) in [5.41, 5.74) is 5.54. The first-order valence-corrected chi connectivity index (χ1v) is 12.3. The number of carbonyl (C=O) groups excluding carboxylic acids is 1. The number of benzene rings is 4. The first kappa shape index (κ1) is 25.9. The zero-order valence-electron chi connectivity index (χ0n) is 21.0. The number of anilines is 3. The lowest BCUT2D eigenvalue weighted by Crippen LogP contribution is -2.14. The van der Waals surface area contributed by atoms with E-state index in [1.54, 1.807) is 19.1 Å². The molecule has 0 fully saturated rings. The second-order valence-corrected chi connectivity index (χ2v) is 8.41. The van der Waals surface area contributed by atoms with Crippen LogP contribution in [0.4, 0.5) is 17.1 Å². The Kier molecular flexibility index (Phi) is 8.65. The van der Waals surface area contributed by atoms with Crippen molar-refractivity contribution in [2.75, 3.05) is 11.5 Å². The quantitative estimate of drug-likeness (QED) is 0.103. The average Bonchev–Trinajstić information content (AvgIpc) is 2.97. The molecule has 0 radical (unpaired) electrons. The Labute approximate surface area is 223 Å². The number of nitriles is 1. The molecule has 0 saturated heterocycles. The van der Waals surface area contributed by atoms with Crippen LogP contribution in [0, 0.1) is 11.3 Å². The van der Waals surface area contributed by atoms with Crippen molar-refractivity contribution >= 4 is 41.1 Å². The summed E-state index contributed by atoms with van der Waals surface area (Å²) in [5, 5.41) is 19.0. The van der Waals surface area contributed by atoms with Crippen molar-refractivity contribution in [3.8, 4) is 6.07 Å². The third-order valence-electron chi connectivity index (χ3n) is 5.95. The Morgan fingerprint density at radius 2 is 1.29 bits per heavy atom. The van der Waals surface area contributed by atoms with E-state index in [4.69, 9.17) is 4.74 Å². The molecule has 5 heteroatoms. The van der Waals surface area contributed by atoms with Gasteiger partial charge in [0.15, 0.2) is 0 Å². The standard InChI is InChI=1S/C33H26N3O2/c1-2-38-33(37)32(24-35)31(23-34)27-19-15-25(16-20-27)13-14-26-17-21-30(22-18-26)36(28-9-5-3-6-10-28)29-11-7-4-8-12-29/h3-22,31H,2H2,1H3/q-1/b14-13+. The van der Waals surface area contributed by atoms with Gasteiger partial charge in [-0.15, -0.1) is 0 Å². The highest BCUT2D eigenvalue weighted by Crippen LogP contribution is 2.34. The molecule has 0 heterocycles. The van der Waals surface area contributed by atoms with Gasteiger partial charge in [0.1, 0.15) is 5.92 Å². The molecule has 4 aromatic carbocycles. The number of ether oxygens (including phenoxy) is 1. The SMILES string of the molecule is CCOC(=O)C(=C=[N-])C(C#N)c1ccc(/C=C/c2ccc(N(c3ccccc3)c3ccccc3)cc2)cc1. The molecule has 1 atom stereocenters. The minimum absolute atomic E-state index is 0.142. The maximum atomic E-state index is 12.1. The minimum Gasteiger partial charge on any atom is -0.763 e. The van der Waals surface area contributed by atoms with Crippen molar-refractivity contribution in [3.05, 3.63) is 137 Å². The summed E-state index contributed by atoms with van der Waals surface area (Å²) in [5.74, 6) is 0.105. The summed E-state index contributed by atoms with van der Waals surface area (Å²) < 4.78 is 4.92. The highest BCUT2D eigenvalue weighted by atomic mass is 16.5. The van der Waals surface area contributed by atoms with Crippen molar-refractivity contribution < 1.29 is 9.53 Å². The van der Waals surface area contributed by atoms with Crippen molar-refractivity contribution in [3.63, 3.8) is 0 Å². The van der Waals surface area contributed by atoms with Crippen LogP contribution in [-0.2, 0) is 9.53 Å². The molecule has 0 aliphatic heterocycles. The Balaban J connectivity index is 1.51. The number of rotatable bonds is 9. The van der Waals surface area contributed by atoms with Crippen LogP contribution in [0.5, 0.6) is 0 Å². The monoisotopic (exact) mass is 496 g/mol. The molecule has 5 nitrogen and oxygen atoms in total. The van der Waals surface area contributed by atoms with Crippen molar-refractivity contribution in [1.29, 1.82) is 5.26 Å². The number of esters is 1. The summed E-state index contributed by atoms with van der Waals surface area (Å²) in [7, 11) is 0. The van der Waals surface area contributed by atoms with Crippen LogP contribution < -0.4 is 4.90 Å². The van der Waals surface area contributed by atoms with Crippen molar-refractivity contribution in [1.82, 2.24) is 0 Å². The van der Waals surface area contributed by atoms with Gasteiger partial charge in [0, 0.05) is 17.1 Å². The van der Waals surface area contributed by atoms with E-state index in [2.05, 4.69) is 53.4 Å². The van der Waals surface area contributed by atoms with Crippen LogP contribution >= 0.6 is 0 Å². The van der Waals surface area contributed by atoms with Gasteiger partial charge in [-0.2, -0.15) is 5.26 Å². The number of carbonyl (C=O) groups is 1. The molecule has 0 bridgehead atoms. The van der Waals surface area contributed by atoms with E-state index in [1.165, 1.54) is 0 Å². The van der Waals surface area contributed by atoms with E-state index >= 15 is 0 Å². The maximum Gasteiger partial charge on any atom is 0.341 e. The minimum atomic E-state index is -0.971. The second-order valence-electron chi connectivity index (χ2n) is 8.41. The van der Waals surface area contributed by atoms with Crippen LogP contribution in [-0.4, -0.2) is 18.4 Å². The zero-order chi connectivity index (χ0) is 26.7. The van der Waals surface area contributed by atoms with E-state index in [0.29, 0.717) is 5.56 Å². The lowest BCUT2D eigenvalue weighted by atomic mass is 9.92. The fourth-order valence-electron chi connectivity index (χ4n) is 4.07. The molecule has 0 saturated carbocycles. The third kappa shape index (κ3) is 6.14. The number of hydrogen-bond acceptors (Lipinski definition) is 4. The Morgan fingerprint density at radius 3 is 1.74 bits per heavy atom. The molecule has 0 aliphatic rings. The van der Waals surface area contributed by atoms with Gasteiger partial charge in [-0.1, -0.05) is 84.9 Å². The summed E-state index contributed by atoms with van der Waals surface area (Å²) in [4.78, 5) is 14.3. The highest BCUT2D eigenvalue weighted by molar-refractivity contribution is 6.00. The largest absolute Gasteiger partial charge is 0.763 e. The van der Waals surface area contributed by atoms with Gasteiger partial charge >= 0.3 is 5.97 Å². The van der Waals surface area contributed by atoms with Crippen molar-refractivity contribution in [2.45, 2.75) is 12.8 Å².